The molecule has 204 valence electrons. The molecule has 1 aliphatic rings. The molecule has 8 heteroatoms. The van der Waals surface area contributed by atoms with E-state index in [-0.39, 0.29) is 29.0 Å². The maximum atomic E-state index is 13.2. The van der Waals surface area contributed by atoms with Gasteiger partial charge in [0.15, 0.2) is 11.2 Å². The average molecular weight is 509 g/mol. The first-order valence-corrected chi connectivity index (χ1v) is 13.1. The van der Waals surface area contributed by atoms with Crippen LogP contribution in [0.1, 0.15) is 89.9 Å². The van der Waals surface area contributed by atoms with Gasteiger partial charge in [0, 0.05) is 28.9 Å². The van der Waals surface area contributed by atoms with E-state index in [4.69, 9.17) is 13.9 Å². The Hall–Kier alpha value is -2.03. The van der Waals surface area contributed by atoms with E-state index >= 15 is 0 Å². The molecule has 1 saturated heterocycles. The predicted octanol–water partition coefficient (Wildman–Crippen LogP) is 3.96. The Labute approximate surface area is 214 Å². The van der Waals surface area contributed by atoms with Gasteiger partial charge in [0.05, 0.1) is 24.0 Å². The fourth-order valence-corrected chi connectivity index (χ4v) is 5.26. The second kappa shape index (κ2) is 11.6. The van der Waals surface area contributed by atoms with Crippen molar-refractivity contribution < 1.29 is 33.7 Å². The van der Waals surface area contributed by atoms with Gasteiger partial charge < -0.3 is 24.1 Å². The minimum Gasteiger partial charge on any atom is -0.465 e. The molecule has 0 aromatic carbocycles. The lowest BCUT2D eigenvalue weighted by Crippen LogP contribution is -2.58. The molecule has 8 nitrogen and oxygen atoms in total. The van der Waals surface area contributed by atoms with Crippen LogP contribution in [-0.2, 0) is 19.1 Å². The molecule has 0 spiro atoms. The fourth-order valence-electron chi connectivity index (χ4n) is 5.26. The lowest BCUT2D eigenvalue weighted by molar-refractivity contribution is -0.320. The Bertz CT molecular complexity index is 1010. The first-order chi connectivity index (χ1) is 16.6. The Morgan fingerprint density at radius 3 is 2.17 bits per heavy atom. The monoisotopic (exact) mass is 508 g/mol. The zero-order chi connectivity index (χ0) is 27.7. The molecule has 0 saturated carbocycles. The van der Waals surface area contributed by atoms with Crippen LogP contribution in [0.15, 0.2) is 9.21 Å². The van der Waals surface area contributed by atoms with Gasteiger partial charge in [0.2, 0.25) is 0 Å². The van der Waals surface area contributed by atoms with Crippen molar-refractivity contribution in [2.75, 3.05) is 0 Å². The molecule has 2 rings (SSSR count). The van der Waals surface area contributed by atoms with E-state index in [1.807, 2.05) is 20.8 Å². The van der Waals surface area contributed by atoms with E-state index in [9.17, 15) is 24.6 Å². The summed E-state index contributed by atoms with van der Waals surface area (Å²) in [5.74, 6) is -4.95. The molecule has 0 aliphatic carbocycles. The standard InChI is InChI=1S/C28H44O8/c1-11-21-14(4)26(19(9)28(33,12-2)36-21)35-27(32)18(8)24(31)15(5)23(30)17(7)25-16(6)22(29)13(3)20(10)34-25/h14-15,17-19,21,24,26,31,33H,11-12H2,1-10H3/t14-,15+,17+,18+,19+,21-,24+,26+,28-/m1/s1. The number of carbonyl (C=O) groups excluding carboxylic acids is 2. The van der Waals surface area contributed by atoms with Gasteiger partial charge in [-0.3, -0.25) is 14.4 Å². The van der Waals surface area contributed by atoms with Crippen molar-refractivity contribution >= 4 is 11.8 Å². The van der Waals surface area contributed by atoms with Crippen molar-refractivity contribution in [3.05, 3.63) is 32.9 Å². The number of Topliss-reactive ketones (excluding diaryl/α,β-unsaturated/α-hetero) is 1. The molecule has 0 bridgehead atoms. The normalized spacial score (nSPS) is 29.8. The Balaban J connectivity index is 2.19. The van der Waals surface area contributed by atoms with E-state index < -0.39 is 47.6 Å². The minimum absolute atomic E-state index is 0.153. The van der Waals surface area contributed by atoms with Gasteiger partial charge in [0.1, 0.15) is 23.4 Å². The van der Waals surface area contributed by atoms with Crippen molar-refractivity contribution in [2.45, 2.75) is 112 Å². The summed E-state index contributed by atoms with van der Waals surface area (Å²) in [4.78, 5) is 38.8. The number of aliphatic hydroxyl groups excluding tert-OH is 1. The van der Waals surface area contributed by atoms with Crippen LogP contribution < -0.4 is 5.43 Å². The predicted molar refractivity (Wildman–Crippen MR) is 136 cm³/mol. The highest BCUT2D eigenvalue weighted by Gasteiger charge is 2.51. The first-order valence-electron chi connectivity index (χ1n) is 13.1. The zero-order valence-electron chi connectivity index (χ0n) is 23.4. The quantitative estimate of drug-likeness (QED) is 0.481. The summed E-state index contributed by atoms with van der Waals surface area (Å²) in [6.07, 6.45) is -1.18. The second-order valence-corrected chi connectivity index (χ2v) is 10.6. The smallest absolute Gasteiger partial charge is 0.311 e. The Morgan fingerprint density at radius 1 is 1.06 bits per heavy atom. The zero-order valence-corrected chi connectivity index (χ0v) is 23.4. The van der Waals surface area contributed by atoms with Crippen LogP contribution in [0.5, 0.6) is 0 Å². The third kappa shape index (κ3) is 5.60. The molecule has 0 unspecified atom stereocenters. The van der Waals surface area contributed by atoms with Gasteiger partial charge in [-0.2, -0.15) is 0 Å². The van der Waals surface area contributed by atoms with Gasteiger partial charge in [-0.05, 0) is 47.5 Å². The lowest BCUT2D eigenvalue weighted by Gasteiger charge is -2.49. The van der Waals surface area contributed by atoms with Crippen LogP contribution in [0.25, 0.3) is 0 Å². The van der Waals surface area contributed by atoms with Crippen LogP contribution in [-0.4, -0.2) is 46.1 Å². The fraction of sp³-hybridized carbons (Fsp3) is 0.750. The molecular formula is C28H44O8. The molecule has 2 N–H and O–H groups in total. The Morgan fingerprint density at radius 2 is 1.64 bits per heavy atom. The first kappa shape index (κ1) is 30.2. The number of ketones is 1. The van der Waals surface area contributed by atoms with E-state index in [0.29, 0.717) is 29.7 Å². The van der Waals surface area contributed by atoms with Gasteiger partial charge in [0.25, 0.3) is 0 Å². The molecule has 1 aliphatic heterocycles. The number of carbonyl (C=O) groups is 2. The Kier molecular flexibility index (Phi) is 9.70. The molecule has 1 fully saturated rings. The second-order valence-electron chi connectivity index (χ2n) is 10.6. The molecule has 0 radical (unpaired) electrons. The van der Waals surface area contributed by atoms with Gasteiger partial charge in [-0.25, -0.2) is 0 Å². The highest BCUT2D eigenvalue weighted by molar-refractivity contribution is 5.88. The molecule has 0 amide bonds. The average Bonchev–Trinajstić information content (AvgIpc) is 2.87. The van der Waals surface area contributed by atoms with E-state index in [1.54, 1.807) is 41.5 Å². The number of rotatable bonds is 9. The highest BCUT2D eigenvalue weighted by atomic mass is 16.6. The lowest BCUT2D eigenvalue weighted by atomic mass is 9.78. The number of hydrogen-bond acceptors (Lipinski definition) is 8. The van der Waals surface area contributed by atoms with Gasteiger partial charge in [-0.15, -0.1) is 0 Å². The highest BCUT2D eigenvalue weighted by Crippen LogP contribution is 2.41. The van der Waals surface area contributed by atoms with E-state index in [0.717, 1.165) is 0 Å². The van der Waals surface area contributed by atoms with Gasteiger partial charge in [-0.1, -0.05) is 34.6 Å². The van der Waals surface area contributed by atoms with Crippen molar-refractivity contribution in [1.82, 2.24) is 0 Å². The maximum Gasteiger partial charge on any atom is 0.311 e. The number of aliphatic hydroxyl groups is 2. The summed E-state index contributed by atoms with van der Waals surface area (Å²) >= 11 is 0. The summed E-state index contributed by atoms with van der Waals surface area (Å²) in [5, 5.41) is 21.9. The molecule has 36 heavy (non-hydrogen) atoms. The number of hydrogen-bond donors (Lipinski definition) is 2. The van der Waals surface area contributed by atoms with Crippen LogP contribution in [0.4, 0.5) is 0 Å². The number of ether oxygens (including phenoxy) is 2. The van der Waals surface area contributed by atoms with Crippen LogP contribution in [0, 0.1) is 44.4 Å². The molecule has 1 aromatic heterocycles. The largest absolute Gasteiger partial charge is 0.465 e. The third-order valence-electron chi connectivity index (χ3n) is 8.33. The van der Waals surface area contributed by atoms with Crippen molar-refractivity contribution in [3.63, 3.8) is 0 Å². The SMILES string of the molecule is CC[C@H]1O[C@](O)(CC)[C@@H](C)[C@@H](OC(=O)[C@@H](C)[C@@H](O)[C@@H](C)C(=O)[C@H](C)c2oc(C)c(C)c(=O)c2C)[C@@H]1C. The number of esters is 1. The third-order valence-corrected chi connectivity index (χ3v) is 8.33. The summed E-state index contributed by atoms with van der Waals surface area (Å²) < 4.78 is 17.6. The summed E-state index contributed by atoms with van der Waals surface area (Å²) in [5.41, 5.74) is 0.692. The molecular weight excluding hydrogens is 464 g/mol. The topological polar surface area (TPSA) is 123 Å². The number of aryl methyl sites for hydroxylation is 1. The van der Waals surface area contributed by atoms with Crippen LogP contribution in [0.2, 0.25) is 0 Å². The van der Waals surface area contributed by atoms with Crippen molar-refractivity contribution in [1.29, 1.82) is 0 Å². The molecule has 1 aromatic rings. The van der Waals surface area contributed by atoms with Crippen LogP contribution in [0.3, 0.4) is 0 Å². The molecule has 9 atom stereocenters. The summed E-state index contributed by atoms with van der Waals surface area (Å²) in [7, 11) is 0. The van der Waals surface area contributed by atoms with E-state index in [1.165, 1.54) is 6.92 Å². The maximum absolute atomic E-state index is 13.2. The molecule has 2 heterocycles. The van der Waals surface area contributed by atoms with Crippen LogP contribution >= 0.6 is 0 Å². The minimum atomic E-state index is -1.41. The van der Waals surface area contributed by atoms with Crippen molar-refractivity contribution in [3.8, 4) is 0 Å². The van der Waals surface area contributed by atoms with E-state index in [2.05, 4.69) is 0 Å². The summed E-state index contributed by atoms with van der Waals surface area (Å²) in [6, 6.07) is 0. The van der Waals surface area contributed by atoms with Crippen molar-refractivity contribution in [2.24, 2.45) is 23.7 Å². The summed E-state index contributed by atoms with van der Waals surface area (Å²) in [6.45, 7) is 17.2. The van der Waals surface area contributed by atoms with Gasteiger partial charge >= 0.3 is 5.97 Å².